The van der Waals surface area contributed by atoms with Crippen LogP contribution in [0.4, 0.5) is 10.3 Å². The van der Waals surface area contributed by atoms with Gasteiger partial charge in [0.2, 0.25) is 5.95 Å². The molecule has 132 valence electrons. The van der Waals surface area contributed by atoms with Crippen molar-refractivity contribution in [3.8, 4) is 0 Å². The number of halogens is 2. The van der Waals surface area contributed by atoms with Crippen molar-refractivity contribution >= 4 is 27.8 Å². The lowest BCUT2D eigenvalue weighted by Crippen LogP contribution is -2.52. The molecule has 0 bridgehead atoms. The van der Waals surface area contributed by atoms with Gasteiger partial charge in [0.05, 0.1) is 4.47 Å². The molecule has 0 amide bonds. The van der Waals surface area contributed by atoms with Crippen LogP contribution < -0.4 is 10.2 Å². The third-order valence-electron chi connectivity index (χ3n) is 4.06. The zero-order valence-electron chi connectivity index (χ0n) is 14.0. The molecular formula is C17H20BrFN6. The average Bonchev–Trinajstić information content (AvgIpc) is 2.66. The first-order valence-corrected chi connectivity index (χ1v) is 8.88. The summed E-state index contributed by atoms with van der Waals surface area (Å²) < 4.78 is 14.1. The van der Waals surface area contributed by atoms with Gasteiger partial charge in [0.1, 0.15) is 5.82 Å². The quantitative estimate of drug-likeness (QED) is 0.625. The third kappa shape index (κ3) is 4.45. The minimum absolute atomic E-state index is 0.259. The highest BCUT2D eigenvalue weighted by atomic mass is 79.9. The molecule has 1 saturated heterocycles. The normalized spacial score (nSPS) is 15.4. The van der Waals surface area contributed by atoms with E-state index in [-0.39, 0.29) is 5.82 Å². The molecule has 0 aliphatic carbocycles. The monoisotopic (exact) mass is 406 g/mol. The Balaban J connectivity index is 1.55. The summed E-state index contributed by atoms with van der Waals surface area (Å²) in [4.78, 5) is 17.3. The lowest BCUT2D eigenvalue weighted by molar-refractivity contribution is 0.370. The van der Waals surface area contributed by atoms with Gasteiger partial charge >= 0.3 is 0 Å². The molecular weight excluding hydrogens is 387 g/mol. The zero-order chi connectivity index (χ0) is 17.6. The number of guanidine groups is 1. The van der Waals surface area contributed by atoms with Crippen molar-refractivity contribution in [1.82, 2.24) is 20.2 Å². The number of anilines is 1. The van der Waals surface area contributed by atoms with Crippen molar-refractivity contribution in [3.05, 3.63) is 52.5 Å². The number of hydrogen-bond acceptors (Lipinski definition) is 4. The topological polar surface area (TPSA) is 56.7 Å². The molecule has 1 aromatic carbocycles. The van der Waals surface area contributed by atoms with Gasteiger partial charge in [0.25, 0.3) is 0 Å². The Bertz CT molecular complexity index is 731. The molecule has 1 N–H and O–H groups in total. The molecule has 1 aromatic heterocycles. The average molecular weight is 407 g/mol. The van der Waals surface area contributed by atoms with Crippen LogP contribution in [-0.2, 0) is 6.54 Å². The Morgan fingerprint density at radius 2 is 1.96 bits per heavy atom. The SMILES string of the molecule is CN=C(NCc1ccc(Br)c(F)c1)N1CCN(c2ncccn2)CC1. The summed E-state index contributed by atoms with van der Waals surface area (Å²) in [5, 5.41) is 3.30. The fourth-order valence-electron chi connectivity index (χ4n) is 2.74. The molecule has 1 aliphatic rings. The molecule has 1 fully saturated rings. The number of nitrogens with zero attached hydrogens (tertiary/aromatic N) is 5. The van der Waals surface area contributed by atoms with E-state index in [0.717, 1.165) is 43.7 Å². The first-order chi connectivity index (χ1) is 12.2. The summed E-state index contributed by atoms with van der Waals surface area (Å²) in [5.74, 6) is 1.32. The summed E-state index contributed by atoms with van der Waals surface area (Å²) in [5.41, 5.74) is 0.873. The van der Waals surface area contributed by atoms with E-state index in [0.29, 0.717) is 11.0 Å². The van der Waals surface area contributed by atoms with Gasteiger partial charge in [-0.3, -0.25) is 4.99 Å². The summed E-state index contributed by atoms with van der Waals surface area (Å²) in [6.07, 6.45) is 3.51. The van der Waals surface area contributed by atoms with Crippen molar-refractivity contribution in [2.45, 2.75) is 6.54 Å². The second-order valence-electron chi connectivity index (χ2n) is 5.67. The van der Waals surface area contributed by atoms with Crippen LogP contribution in [0.2, 0.25) is 0 Å². The molecule has 0 radical (unpaired) electrons. The van der Waals surface area contributed by atoms with Crippen LogP contribution in [0.1, 0.15) is 5.56 Å². The predicted molar refractivity (Wildman–Crippen MR) is 100 cm³/mol. The number of nitrogens with one attached hydrogen (secondary N) is 1. The van der Waals surface area contributed by atoms with Crippen molar-refractivity contribution in [3.63, 3.8) is 0 Å². The highest BCUT2D eigenvalue weighted by Crippen LogP contribution is 2.16. The number of aromatic nitrogens is 2. The lowest BCUT2D eigenvalue weighted by atomic mass is 10.2. The molecule has 0 saturated carbocycles. The van der Waals surface area contributed by atoms with Crippen LogP contribution in [0.25, 0.3) is 0 Å². The van der Waals surface area contributed by atoms with Gasteiger partial charge in [-0.2, -0.15) is 0 Å². The second-order valence-corrected chi connectivity index (χ2v) is 6.53. The summed E-state index contributed by atoms with van der Waals surface area (Å²) in [6, 6.07) is 6.94. The fourth-order valence-corrected chi connectivity index (χ4v) is 2.98. The molecule has 25 heavy (non-hydrogen) atoms. The number of benzene rings is 1. The van der Waals surface area contributed by atoms with Gasteiger partial charge in [0.15, 0.2) is 5.96 Å². The maximum atomic E-state index is 13.6. The number of aliphatic imine (C=N–C) groups is 1. The highest BCUT2D eigenvalue weighted by Gasteiger charge is 2.21. The smallest absolute Gasteiger partial charge is 0.225 e. The Morgan fingerprint density at radius 3 is 2.60 bits per heavy atom. The molecule has 3 rings (SSSR count). The lowest BCUT2D eigenvalue weighted by Gasteiger charge is -2.36. The van der Waals surface area contributed by atoms with E-state index in [2.05, 4.69) is 46.0 Å². The third-order valence-corrected chi connectivity index (χ3v) is 4.70. The van der Waals surface area contributed by atoms with E-state index in [4.69, 9.17) is 0 Å². The van der Waals surface area contributed by atoms with Crippen molar-refractivity contribution in [2.75, 3.05) is 38.1 Å². The Hall–Kier alpha value is -2.22. The number of rotatable bonds is 3. The van der Waals surface area contributed by atoms with E-state index in [1.165, 1.54) is 6.07 Å². The first kappa shape index (κ1) is 17.6. The van der Waals surface area contributed by atoms with Gasteiger partial charge < -0.3 is 15.1 Å². The van der Waals surface area contributed by atoms with Crippen LogP contribution in [-0.4, -0.2) is 54.1 Å². The Kier molecular flexibility index (Phi) is 5.80. The second kappa shape index (κ2) is 8.24. The molecule has 2 heterocycles. The molecule has 0 spiro atoms. The van der Waals surface area contributed by atoms with E-state index >= 15 is 0 Å². The zero-order valence-corrected chi connectivity index (χ0v) is 15.6. The van der Waals surface area contributed by atoms with E-state index < -0.39 is 0 Å². The number of piperazine rings is 1. The van der Waals surface area contributed by atoms with Crippen molar-refractivity contribution in [1.29, 1.82) is 0 Å². The molecule has 1 aliphatic heterocycles. The maximum absolute atomic E-state index is 13.6. The minimum atomic E-state index is -0.259. The van der Waals surface area contributed by atoms with Crippen molar-refractivity contribution in [2.24, 2.45) is 4.99 Å². The van der Waals surface area contributed by atoms with Gasteiger partial charge in [-0.1, -0.05) is 6.07 Å². The summed E-state index contributed by atoms with van der Waals surface area (Å²) >= 11 is 3.17. The van der Waals surface area contributed by atoms with Gasteiger partial charge in [-0.05, 0) is 39.7 Å². The summed E-state index contributed by atoms with van der Waals surface area (Å²) in [7, 11) is 1.76. The van der Waals surface area contributed by atoms with Gasteiger partial charge in [0, 0.05) is 52.2 Å². The van der Waals surface area contributed by atoms with E-state index in [9.17, 15) is 4.39 Å². The maximum Gasteiger partial charge on any atom is 0.225 e. The summed E-state index contributed by atoms with van der Waals surface area (Å²) in [6.45, 7) is 3.84. The minimum Gasteiger partial charge on any atom is -0.352 e. The van der Waals surface area contributed by atoms with Crippen molar-refractivity contribution < 1.29 is 4.39 Å². The van der Waals surface area contributed by atoms with Gasteiger partial charge in [-0.15, -0.1) is 0 Å². The molecule has 2 aromatic rings. The Labute approximate surface area is 154 Å². The molecule has 6 nitrogen and oxygen atoms in total. The first-order valence-electron chi connectivity index (χ1n) is 8.09. The van der Waals surface area contributed by atoms with Crippen LogP contribution in [0.15, 0.2) is 46.1 Å². The van der Waals surface area contributed by atoms with Crippen LogP contribution in [0, 0.1) is 5.82 Å². The van der Waals surface area contributed by atoms with E-state index in [1.807, 2.05) is 12.1 Å². The van der Waals surface area contributed by atoms with Crippen LogP contribution in [0.3, 0.4) is 0 Å². The molecule has 8 heteroatoms. The fraction of sp³-hybridized carbons (Fsp3) is 0.353. The predicted octanol–water partition coefficient (Wildman–Crippen LogP) is 2.28. The Morgan fingerprint density at radius 1 is 1.24 bits per heavy atom. The standard InChI is InChI=1S/C17H20BrFN6/c1-20-16(23-12-13-3-4-14(18)15(19)11-13)24-7-9-25(10-8-24)17-21-5-2-6-22-17/h2-6,11H,7-10,12H2,1H3,(H,20,23). The molecule has 0 unspecified atom stereocenters. The highest BCUT2D eigenvalue weighted by molar-refractivity contribution is 9.10. The number of hydrogen-bond donors (Lipinski definition) is 1. The van der Waals surface area contributed by atoms with E-state index in [1.54, 1.807) is 25.5 Å². The van der Waals surface area contributed by atoms with Gasteiger partial charge in [-0.25, -0.2) is 14.4 Å². The van der Waals surface area contributed by atoms with Crippen LogP contribution in [0.5, 0.6) is 0 Å². The van der Waals surface area contributed by atoms with Crippen LogP contribution >= 0.6 is 15.9 Å². The molecule has 0 atom stereocenters. The largest absolute Gasteiger partial charge is 0.352 e.